The van der Waals surface area contributed by atoms with E-state index in [0.29, 0.717) is 23.0 Å². The highest BCUT2D eigenvalue weighted by molar-refractivity contribution is 6.31. The van der Waals surface area contributed by atoms with Crippen molar-refractivity contribution in [2.45, 2.75) is 31.4 Å². The summed E-state index contributed by atoms with van der Waals surface area (Å²) >= 11 is 5.98. The number of carbonyl (C=O) groups is 2. The van der Waals surface area contributed by atoms with E-state index in [2.05, 4.69) is 20.9 Å². The molecule has 0 bridgehead atoms. The Hall–Kier alpha value is -2.32. The molecule has 0 aromatic heterocycles. The maximum atomic E-state index is 12.6. The van der Waals surface area contributed by atoms with Gasteiger partial charge in [-0.25, -0.2) is 0 Å². The number of hydrogen-bond acceptors (Lipinski definition) is 5. The second-order valence-electron chi connectivity index (χ2n) is 6.11. The molecule has 0 aliphatic carbocycles. The summed E-state index contributed by atoms with van der Waals surface area (Å²) in [4.78, 5) is 28.8. The van der Waals surface area contributed by atoms with E-state index in [4.69, 9.17) is 21.1 Å². The van der Waals surface area contributed by atoms with Crippen LogP contribution in [0.1, 0.15) is 19.3 Å². The number of anilines is 1. The molecule has 2 aliphatic rings. The van der Waals surface area contributed by atoms with Crippen molar-refractivity contribution in [3.63, 3.8) is 0 Å². The van der Waals surface area contributed by atoms with Crippen molar-refractivity contribution >= 4 is 35.1 Å². The summed E-state index contributed by atoms with van der Waals surface area (Å²) in [5, 5.41) is 8.80. The van der Waals surface area contributed by atoms with Gasteiger partial charge < -0.3 is 20.1 Å². The number of nitrogens with zero attached hydrogens (tertiary/aromatic N) is 1. The first-order valence-corrected chi connectivity index (χ1v) is 8.80. The minimum atomic E-state index is -0.740. The van der Waals surface area contributed by atoms with Crippen LogP contribution >= 0.6 is 11.6 Å². The van der Waals surface area contributed by atoms with Crippen LogP contribution in [0.3, 0.4) is 0 Å². The number of aliphatic imine (C=N–C) groups is 1. The zero-order valence-corrected chi connectivity index (χ0v) is 15.1. The molecule has 2 aliphatic heterocycles. The number of carbonyl (C=O) groups excluding carboxylic acids is 2. The molecule has 3 rings (SSSR count). The molecule has 140 valence electrons. The van der Waals surface area contributed by atoms with Crippen molar-refractivity contribution < 1.29 is 19.1 Å². The fourth-order valence-electron chi connectivity index (χ4n) is 2.84. The monoisotopic (exact) mass is 380 g/mol. The molecule has 2 atom stereocenters. The van der Waals surface area contributed by atoms with Gasteiger partial charge >= 0.3 is 0 Å². The summed E-state index contributed by atoms with van der Waals surface area (Å²) in [7, 11) is 1.50. The summed E-state index contributed by atoms with van der Waals surface area (Å²) in [5.41, 5.74) is 0.440. The number of rotatable bonds is 5. The van der Waals surface area contributed by atoms with Crippen LogP contribution in [0.4, 0.5) is 5.69 Å². The number of benzene rings is 1. The second kappa shape index (κ2) is 8.37. The van der Waals surface area contributed by atoms with Gasteiger partial charge in [-0.15, -0.1) is 0 Å². The number of guanidine groups is 1. The predicted octanol–water partition coefficient (Wildman–Crippen LogP) is 1.30. The van der Waals surface area contributed by atoms with Crippen molar-refractivity contribution in [3.8, 4) is 5.75 Å². The van der Waals surface area contributed by atoms with E-state index in [9.17, 15) is 9.59 Å². The van der Waals surface area contributed by atoms with Crippen LogP contribution in [0.2, 0.25) is 5.02 Å². The summed E-state index contributed by atoms with van der Waals surface area (Å²) in [6, 6.07) is 4.18. The molecule has 8 nitrogen and oxygen atoms in total. The molecule has 1 aromatic carbocycles. The zero-order valence-electron chi connectivity index (χ0n) is 14.4. The summed E-state index contributed by atoms with van der Waals surface area (Å²) in [5.74, 6) is 0.128. The van der Waals surface area contributed by atoms with E-state index in [0.717, 1.165) is 19.4 Å². The third kappa shape index (κ3) is 4.64. The van der Waals surface area contributed by atoms with Crippen molar-refractivity contribution in [1.29, 1.82) is 0 Å². The standard InChI is InChI=1S/C17H21ClN4O4/c1-25-14-5-4-10(18)7-12(14)20-16(24)13-8-15(23)22-17(21-13)19-9-11-3-2-6-26-11/h4-5,7,11,13H,2-3,6,8-9H2,1H3,(H,20,24)(H2,19,21,22,23)/t11-,13+/m0/s1. The molecule has 0 unspecified atom stereocenters. The van der Waals surface area contributed by atoms with Gasteiger partial charge in [0.05, 0.1) is 31.9 Å². The van der Waals surface area contributed by atoms with E-state index >= 15 is 0 Å². The van der Waals surface area contributed by atoms with Crippen molar-refractivity contribution in [1.82, 2.24) is 10.6 Å². The second-order valence-corrected chi connectivity index (χ2v) is 6.54. The quantitative estimate of drug-likeness (QED) is 0.714. The van der Waals surface area contributed by atoms with Crippen LogP contribution in [0.15, 0.2) is 23.2 Å². The Labute approximate surface area is 156 Å². The summed E-state index contributed by atoms with van der Waals surface area (Å²) in [6.07, 6.45) is 2.03. The lowest BCUT2D eigenvalue weighted by Crippen LogP contribution is -2.57. The maximum absolute atomic E-state index is 12.6. The van der Waals surface area contributed by atoms with Crippen LogP contribution < -0.4 is 20.7 Å². The fraction of sp³-hybridized carbons (Fsp3) is 0.471. The molecule has 0 spiro atoms. The van der Waals surface area contributed by atoms with Gasteiger partial charge in [-0.05, 0) is 31.0 Å². The molecule has 3 N–H and O–H groups in total. The predicted molar refractivity (Wildman–Crippen MR) is 97.6 cm³/mol. The molecule has 2 amide bonds. The van der Waals surface area contributed by atoms with Gasteiger partial charge in [0.25, 0.3) is 0 Å². The average Bonchev–Trinajstić information content (AvgIpc) is 3.13. The molecule has 1 aromatic rings. The normalized spacial score (nSPS) is 24.1. The van der Waals surface area contributed by atoms with Gasteiger partial charge in [-0.1, -0.05) is 11.6 Å². The number of amides is 2. The minimum Gasteiger partial charge on any atom is -0.495 e. The Balaban J connectivity index is 1.65. The Kier molecular flexibility index (Phi) is 5.95. The highest BCUT2D eigenvalue weighted by Gasteiger charge is 2.29. The van der Waals surface area contributed by atoms with E-state index in [1.165, 1.54) is 7.11 Å². The highest BCUT2D eigenvalue weighted by Crippen LogP contribution is 2.27. The topological polar surface area (TPSA) is 101 Å². The Morgan fingerprint density at radius 2 is 2.35 bits per heavy atom. The molecule has 26 heavy (non-hydrogen) atoms. The van der Waals surface area contributed by atoms with Gasteiger partial charge in [0.15, 0.2) is 5.96 Å². The number of hydrogen-bond donors (Lipinski definition) is 3. The van der Waals surface area contributed by atoms with Gasteiger partial charge in [0.2, 0.25) is 11.8 Å². The Bertz CT molecular complexity index is 719. The lowest BCUT2D eigenvalue weighted by Gasteiger charge is -2.25. The number of halogens is 1. The molecular weight excluding hydrogens is 360 g/mol. The first-order valence-electron chi connectivity index (χ1n) is 8.42. The highest BCUT2D eigenvalue weighted by atomic mass is 35.5. The number of methoxy groups -OCH3 is 1. The molecule has 0 radical (unpaired) electrons. The van der Waals surface area contributed by atoms with Gasteiger partial charge in [-0.3, -0.25) is 19.9 Å². The SMILES string of the molecule is COc1ccc(Cl)cc1NC(=O)[C@H]1CC(=O)NC(=NC[C@@H]2CCCO2)N1. The van der Waals surface area contributed by atoms with Crippen molar-refractivity contribution in [2.75, 3.05) is 25.6 Å². The molecular formula is C17H21ClN4O4. The van der Waals surface area contributed by atoms with Crippen molar-refractivity contribution in [2.24, 2.45) is 4.99 Å². The number of ether oxygens (including phenoxy) is 2. The first-order chi connectivity index (χ1) is 12.5. The zero-order chi connectivity index (χ0) is 18.5. The third-order valence-corrected chi connectivity index (χ3v) is 4.41. The van der Waals surface area contributed by atoms with Gasteiger partial charge in [0, 0.05) is 11.6 Å². The lowest BCUT2D eigenvalue weighted by molar-refractivity contribution is -0.125. The summed E-state index contributed by atoms with van der Waals surface area (Å²) < 4.78 is 10.7. The van der Waals surface area contributed by atoms with Crippen LogP contribution in [0.5, 0.6) is 5.75 Å². The maximum Gasteiger partial charge on any atom is 0.247 e. The molecule has 9 heteroatoms. The third-order valence-electron chi connectivity index (χ3n) is 4.17. The minimum absolute atomic E-state index is 0.00760. The lowest BCUT2D eigenvalue weighted by atomic mass is 10.1. The molecule has 0 saturated carbocycles. The van der Waals surface area contributed by atoms with Crippen LogP contribution in [0.25, 0.3) is 0 Å². The number of nitrogens with one attached hydrogen (secondary N) is 3. The van der Waals surface area contributed by atoms with Gasteiger partial charge in [-0.2, -0.15) is 0 Å². The van der Waals surface area contributed by atoms with E-state index in [1.807, 2.05) is 0 Å². The summed E-state index contributed by atoms with van der Waals surface area (Å²) in [6.45, 7) is 1.18. The van der Waals surface area contributed by atoms with Gasteiger partial charge in [0.1, 0.15) is 11.8 Å². The fourth-order valence-corrected chi connectivity index (χ4v) is 3.02. The van der Waals surface area contributed by atoms with E-state index < -0.39 is 6.04 Å². The van der Waals surface area contributed by atoms with Crippen LogP contribution in [-0.2, 0) is 14.3 Å². The van der Waals surface area contributed by atoms with Crippen LogP contribution in [-0.4, -0.2) is 50.2 Å². The molecule has 2 heterocycles. The Morgan fingerprint density at radius 1 is 1.50 bits per heavy atom. The van der Waals surface area contributed by atoms with Crippen molar-refractivity contribution in [3.05, 3.63) is 23.2 Å². The smallest absolute Gasteiger partial charge is 0.247 e. The largest absolute Gasteiger partial charge is 0.495 e. The van der Waals surface area contributed by atoms with Crippen LogP contribution in [0, 0.1) is 0 Å². The molecule has 2 saturated heterocycles. The van der Waals surface area contributed by atoms with E-state index in [-0.39, 0.29) is 30.3 Å². The van der Waals surface area contributed by atoms with E-state index in [1.54, 1.807) is 18.2 Å². The molecule has 2 fully saturated rings. The first kappa shape index (κ1) is 18.5. The average molecular weight is 381 g/mol. The Morgan fingerprint density at radius 3 is 3.08 bits per heavy atom.